The molecule has 1 aliphatic rings. The summed E-state index contributed by atoms with van der Waals surface area (Å²) in [6.07, 6.45) is 0.478. The van der Waals surface area contributed by atoms with Gasteiger partial charge in [0.25, 0.3) is 0 Å². The molecule has 2 aromatic rings. The second-order valence-corrected chi connectivity index (χ2v) is 5.95. The molecule has 122 valence electrons. The largest absolute Gasteiger partial charge is 0.423 e. The van der Waals surface area contributed by atoms with Crippen molar-refractivity contribution in [3.63, 3.8) is 0 Å². The number of carbonyl (C=O) groups is 1. The van der Waals surface area contributed by atoms with Crippen LogP contribution in [0, 0.1) is 0 Å². The molecule has 1 amide bonds. The van der Waals surface area contributed by atoms with Crippen LogP contribution in [0.4, 0.5) is 5.69 Å². The number of fused-ring (bicyclic) bond motifs is 1. The number of benzene rings is 1. The van der Waals surface area contributed by atoms with Gasteiger partial charge in [-0.15, -0.1) is 0 Å². The SMILES string of the molecule is CN1CCN(CCC(=O)Nc2ccc3oc(=O)ccc3c2)CC1. The summed E-state index contributed by atoms with van der Waals surface area (Å²) < 4.78 is 5.08. The van der Waals surface area contributed by atoms with E-state index in [0.717, 1.165) is 43.8 Å². The Morgan fingerprint density at radius 1 is 1.17 bits per heavy atom. The molecule has 0 atom stereocenters. The highest BCUT2D eigenvalue weighted by atomic mass is 16.4. The number of piperazine rings is 1. The van der Waals surface area contributed by atoms with Gasteiger partial charge in [0.05, 0.1) is 0 Å². The van der Waals surface area contributed by atoms with Gasteiger partial charge in [-0.2, -0.15) is 0 Å². The molecule has 1 aromatic carbocycles. The molecule has 3 rings (SSSR count). The van der Waals surface area contributed by atoms with Crippen LogP contribution in [0.3, 0.4) is 0 Å². The first-order chi connectivity index (χ1) is 11.1. The van der Waals surface area contributed by atoms with E-state index in [-0.39, 0.29) is 11.5 Å². The maximum Gasteiger partial charge on any atom is 0.336 e. The van der Waals surface area contributed by atoms with Crippen LogP contribution in [0.2, 0.25) is 0 Å². The van der Waals surface area contributed by atoms with Gasteiger partial charge in [-0.1, -0.05) is 0 Å². The van der Waals surface area contributed by atoms with E-state index >= 15 is 0 Å². The summed E-state index contributed by atoms with van der Waals surface area (Å²) in [5.74, 6) is 0.000613. The smallest absolute Gasteiger partial charge is 0.336 e. The van der Waals surface area contributed by atoms with Crippen molar-refractivity contribution in [2.45, 2.75) is 6.42 Å². The van der Waals surface area contributed by atoms with Crippen molar-refractivity contribution in [3.8, 4) is 0 Å². The molecule has 0 aliphatic carbocycles. The van der Waals surface area contributed by atoms with E-state index in [1.807, 2.05) is 6.07 Å². The molecule has 1 aromatic heterocycles. The van der Waals surface area contributed by atoms with Crippen molar-refractivity contribution >= 4 is 22.6 Å². The van der Waals surface area contributed by atoms with E-state index in [9.17, 15) is 9.59 Å². The topological polar surface area (TPSA) is 65.8 Å². The lowest BCUT2D eigenvalue weighted by atomic mass is 10.2. The van der Waals surface area contributed by atoms with Crippen LogP contribution in [0.15, 0.2) is 39.5 Å². The van der Waals surface area contributed by atoms with E-state index in [1.54, 1.807) is 18.2 Å². The van der Waals surface area contributed by atoms with E-state index in [1.165, 1.54) is 6.07 Å². The minimum Gasteiger partial charge on any atom is -0.423 e. The fraction of sp³-hybridized carbons (Fsp3) is 0.412. The third-order valence-electron chi connectivity index (χ3n) is 4.15. The molecule has 6 heteroatoms. The van der Waals surface area contributed by atoms with Gasteiger partial charge in [0.1, 0.15) is 5.58 Å². The summed E-state index contributed by atoms with van der Waals surface area (Å²) in [7, 11) is 2.12. The molecule has 0 spiro atoms. The minimum absolute atomic E-state index is 0.000613. The van der Waals surface area contributed by atoms with Gasteiger partial charge in [0, 0.05) is 56.3 Å². The quantitative estimate of drug-likeness (QED) is 0.863. The Hall–Kier alpha value is -2.18. The molecule has 0 unspecified atom stereocenters. The Labute approximate surface area is 134 Å². The second-order valence-electron chi connectivity index (χ2n) is 5.95. The number of nitrogens with zero attached hydrogens (tertiary/aromatic N) is 2. The first-order valence-electron chi connectivity index (χ1n) is 7.85. The van der Waals surface area contributed by atoms with Crippen molar-refractivity contribution in [2.75, 3.05) is 45.1 Å². The predicted octanol–water partition coefficient (Wildman–Crippen LogP) is 1.37. The fourth-order valence-electron chi connectivity index (χ4n) is 2.70. The van der Waals surface area contributed by atoms with Crippen molar-refractivity contribution in [3.05, 3.63) is 40.8 Å². The van der Waals surface area contributed by atoms with E-state index in [2.05, 4.69) is 22.2 Å². The van der Waals surface area contributed by atoms with Crippen molar-refractivity contribution in [1.82, 2.24) is 9.80 Å². The molecular weight excluding hydrogens is 294 g/mol. The molecule has 1 fully saturated rings. The Bertz CT molecular complexity index is 748. The van der Waals surface area contributed by atoms with Gasteiger partial charge in [-0.05, 0) is 31.3 Å². The third-order valence-corrected chi connectivity index (χ3v) is 4.15. The molecule has 1 aliphatic heterocycles. The lowest BCUT2D eigenvalue weighted by molar-refractivity contribution is -0.116. The van der Waals surface area contributed by atoms with Crippen LogP contribution in [-0.4, -0.2) is 55.5 Å². The maximum atomic E-state index is 12.1. The van der Waals surface area contributed by atoms with E-state index < -0.39 is 0 Å². The summed E-state index contributed by atoms with van der Waals surface area (Å²) in [5, 5.41) is 3.69. The van der Waals surface area contributed by atoms with Crippen LogP contribution < -0.4 is 10.9 Å². The average Bonchev–Trinajstić information content (AvgIpc) is 2.54. The summed E-state index contributed by atoms with van der Waals surface area (Å²) in [4.78, 5) is 27.9. The number of anilines is 1. The molecule has 2 heterocycles. The summed E-state index contributed by atoms with van der Waals surface area (Å²) in [6.45, 7) is 4.91. The number of likely N-dealkylation sites (N-methyl/N-ethyl adjacent to an activating group) is 1. The van der Waals surface area contributed by atoms with Crippen LogP contribution in [-0.2, 0) is 4.79 Å². The van der Waals surface area contributed by atoms with Gasteiger partial charge in [0.2, 0.25) is 5.91 Å². The molecule has 23 heavy (non-hydrogen) atoms. The van der Waals surface area contributed by atoms with E-state index in [0.29, 0.717) is 12.0 Å². The van der Waals surface area contributed by atoms with Crippen LogP contribution in [0.1, 0.15) is 6.42 Å². The number of hydrogen-bond acceptors (Lipinski definition) is 5. The highest BCUT2D eigenvalue weighted by molar-refractivity contribution is 5.93. The molecule has 0 bridgehead atoms. The van der Waals surface area contributed by atoms with Gasteiger partial charge in [-0.3, -0.25) is 4.79 Å². The first kappa shape index (κ1) is 15.7. The van der Waals surface area contributed by atoms with Crippen molar-refractivity contribution in [2.24, 2.45) is 0 Å². The summed E-state index contributed by atoms with van der Waals surface area (Å²) >= 11 is 0. The van der Waals surface area contributed by atoms with Gasteiger partial charge >= 0.3 is 5.63 Å². The molecule has 0 saturated carbocycles. The predicted molar refractivity (Wildman–Crippen MR) is 89.7 cm³/mol. The number of amides is 1. The Balaban J connectivity index is 1.55. The molecule has 1 saturated heterocycles. The van der Waals surface area contributed by atoms with Gasteiger partial charge < -0.3 is 19.5 Å². The number of nitrogens with one attached hydrogen (secondary N) is 1. The Morgan fingerprint density at radius 3 is 2.74 bits per heavy atom. The summed E-state index contributed by atoms with van der Waals surface area (Å²) in [6, 6.07) is 8.33. The Kier molecular flexibility index (Phi) is 4.73. The highest BCUT2D eigenvalue weighted by Crippen LogP contribution is 2.17. The molecule has 6 nitrogen and oxygen atoms in total. The molecule has 1 N–H and O–H groups in total. The van der Waals surface area contributed by atoms with Crippen molar-refractivity contribution in [1.29, 1.82) is 0 Å². The fourth-order valence-corrected chi connectivity index (χ4v) is 2.70. The van der Waals surface area contributed by atoms with Gasteiger partial charge in [-0.25, -0.2) is 4.79 Å². The third kappa shape index (κ3) is 4.18. The monoisotopic (exact) mass is 315 g/mol. The van der Waals surface area contributed by atoms with Crippen molar-refractivity contribution < 1.29 is 9.21 Å². The van der Waals surface area contributed by atoms with Crippen LogP contribution in [0.25, 0.3) is 11.0 Å². The lowest BCUT2D eigenvalue weighted by Gasteiger charge is -2.32. The normalized spacial score (nSPS) is 16.6. The van der Waals surface area contributed by atoms with Crippen LogP contribution in [0.5, 0.6) is 0 Å². The Morgan fingerprint density at radius 2 is 1.96 bits per heavy atom. The maximum absolute atomic E-state index is 12.1. The number of hydrogen-bond donors (Lipinski definition) is 1. The number of carbonyl (C=O) groups excluding carboxylic acids is 1. The highest BCUT2D eigenvalue weighted by Gasteiger charge is 2.14. The lowest BCUT2D eigenvalue weighted by Crippen LogP contribution is -2.45. The van der Waals surface area contributed by atoms with E-state index in [4.69, 9.17) is 4.42 Å². The second kappa shape index (κ2) is 6.93. The molecular formula is C17H21N3O3. The number of rotatable bonds is 4. The average molecular weight is 315 g/mol. The zero-order valence-electron chi connectivity index (χ0n) is 13.2. The summed E-state index contributed by atoms with van der Waals surface area (Å²) in [5.41, 5.74) is 0.865. The van der Waals surface area contributed by atoms with Crippen LogP contribution >= 0.6 is 0 Å². The zero-order chi connectivity index (χ0) is 16.2. The standard InChI is InChI=1S/C17H21N3O3/c1-19-8-10-20(11-9-19)7-6-16(21)18-14-3-4-15-13(12-14)2-5-17(22)23-15/h2-5,12H,6-11H2,1H3,(H,18,21). The minimum atomic E-state index is -0.374. The first-order valence-corrected chi connectivity index (χ1v) is 7.85. The van der Waals surface area contributed by atoms with Gasteiger partial charge in [0.15, 0.2) is 0 Å². The zero-order valence-corrected chi connectivity index (χ0v) is 13.2. The molecule has 0 radical (unpaired) electrons.